The highest BCUT2D eigenvalue weighted by molar-refractivity contribution is 6.30. The third kappa shape index (κ3) is 1.65. The first-order valence-corrected chi connectivity index (χ1v) is 4.54. The van der Waals surface area contributed by atoms with E-state index in [1.807, 2.05) is 0 Å². The lowest BCUT2D eigenvalue weighted by atomic mass is 10.0. The van der Waals surface area contributed by atoms with Crippen molar-refractivity contribution in [1.82, 2.24) is 4.98 Å². The number of hydrogen-bond acceptors (Lipinski definition) is 3. The van der Waals surface area contributed by atoms with Gasteiger partial charge in [-0.25, -0.2) is 0 Å². The van der Waals surface area contributed by atoms with Gasteiger partial charge in [0.2, 0.25) is 0 Å². The van der Waals surface area contributed by atoms with E-state index in [2.05, 4.69) is 4.98 Å². The summed E-state index contributed by atoms with van der Waals surface area (Å²) in [5, 5.41) is 9.14. The molecule has 1 aromatic heterocycles. The van der Waals surface area contributed by atoms with Crippen molar-refractivity contribution in [3.63, 3.8) is 0 Å². The van der Waals surface area contributed by atoms with E-state index >= 15 is 0 Å². The van der Waals surface area contributed by atoms with Crippen molar-refractivity contribution in [3.05, 3.63) is 23.0 Å². The molecule has 1 atom stereocenters. The Hall–Kier alpha value is -1.29. The maximum Gasteiger partial charge on any atom is 0.304 e. The average molecular weight is 214 g/mol. The summed E-state index contributed by atoms with van der Waals surface area (Å²) in [6.07, 6.45) is 1.55. The van der Waals surface area contributed by atoms with Gasteiger partial charge >= 0.3 is 5.97 Å². The number of carbonyl (C=O) groups is 1. The van der Waals surface area contributed by atoms with Crippen LogP contribution >= 0.6 is 11.6 Å². The van der Waals surface area contributed by atoms with Crippen LogP contribution in [0.5, 0.6) is 5.75 Å². The average Bonchev–Trinajstić information content (AvgIpc) is 2.47. The molecule has 0 fully saturated rings. The molecule has 0 bridgehead atoms. The molecule has 5 heteroatoms. The lowest BCUT2D eigenvalue weighted by Gasteiger charge is -2.02. The summed E-state index contributed by atoms with van der Waals surface area (Å²) in [6.45, 7) is 0.370. The van der Waals surface area contributed by atoms with E-state index in [9.17, 15) is 4.79 Å². The summed E-state index contributed by atoms with van der Waals surface area (Å²) < 4.78 is 5.28. The number of ether oxygens (including phenoxy) is 1. The van der Waals surface area contributed by atoms with Crippen molar-refractivity contribution in [3.8, 4) is 5.75 Å². The largest absolute Gasteiger partial charge is 0.491 e. The molecule has 0 saturated carbocycles. The zero-order valence-corrected chi connectivity index (χ0v) is 7.99. The van der Waals surface area contributed by atoms with Crippen LogP contribution < -0.4 is 4.74 Å². The summed E-state index contributed by atoms with van der Waals surface area (Å²) >= 11 is 5.72. The Morgan fingerprint density at radius 3 is 3.29 bits per heavy atom. The topological polar surface area (TPSA) is 59.4 Å². The van der Waals surface area contributed by atoms with Gasteiger partial charge in [-0.2, -0.15) is 0 Å². The Morgan fingerprint density at radius 1 is 1.79 bits per heavy atom. The van der Waals surface area contributed by atoms with Crippen molar-refractivity contribution in [2.75, 3.05) is 6.61 Å². The van der Waals surface area contributed by atoms with E-state index in [4.69, 9.17) is 21.4 Å². The molecule has 0 saturated heterocycles. The number of pyridine rings is 1. The van der Waals surface area contributed by atoms with Gasteiger partial charge < -0.3 is 9.84 Å². The number of aromatic nitrogens is 1. The van der Waals surface area contributed by atoms with Gasteiger partial charge in [0.25, 0.3) is 0 Å². The fourth-order valence-electron chi connectivity index (χ4n) is 1.49. The van der Waals surface area contributed by atoms with E-state index in [1.165, 1.54) is 6.20 Å². The molecule has 1 N–H and O–H groups in total. The fraction of sp³-hybridized carbons (Fsp3) is 0.333. The van der Waals surface area contributed by atoms with Crippen LogP contribution in [0.25, 0.3) is 0 Å². The molecule has 1 aliphatic rings. The van der Waals surface area contributed by atoms with Crippen molar-refractivity contribution in [1.29, 1.82) is 0 Å². The molecule has 2 rings (SSSR count). The SMILES string of the molecule is O=C(O)CC1COc2cc(Cl)cnc21. The Labute approximate surface area is 85.5 Å². The molecule has 0 aromatic carbocycles. The summed E-state index contributed by atoms with van der Waals surface area (Å²) in [4.78, 5) is 14.6. The van der Waals surface area contributed by atoms with Gasteiger partial charge in [0.1, 0.15) is 5.75 Å². The van der Waals surface area contributed by atoms with Crippen LogP contribution in [0.1, 0.15) is 18.0 Å². The Morgan fingerprint density at radius 2 is 2.57 bits per heavy atom. The van der Waals surface area contributed by atoms with Crippen LogP contribution in [0.4, 0.5) is 0 Å². The predicted molar refractivity (Wildman–Crippen MR) is 49.7 cm³/mol. The van der Waals surface area contributed by atoms with Crippen LogP contribution in [0, 0.1) is 0 Å². The zero-order valence-electron chi connectivity index (χ0n) is 7.24. The number of fused-ring (bicyclic) bond motifs is 1. The summed E-state index contributed by atoms with van der Waals surface area (Å²) in [5.41, 5.74) is 0.691. The minimum Gasteiger partial charge on any atom is -0.491 e. The maximum absolute atomic E-state index is 10.5. The van der Waals surface area contributed by atoms with Gasteiger partial charge in [0.05, 0.1) is 23.7 Å². The van der Waals surface area contributed by atoms with Gasteiger partial charge in [-0.1, -0.05) is 11.6 Å². The highest BCUT2D eigenvalue weighted by Gasteiger charge is 2.27. The first-order chi connectivity index (χ1) is 6.66. The highest BCUT2D eigenvalue weighted by atomic mass is 35.5. The predicted octanol–water partition coefficient (Wildman–Crippen LogP) is 1.69. The van der Waals surface area contributed by atoms with Gasteiger partial charge in [-0.3, -0.25) is 9.78 Å². The smallest absolute Gasteiger partial charge is 0.304 e. The normalized spacial score (nSPS) is 18.8. The quantitative estimate of drug-likeness (QED) is 0.812. The van der Waals surface area contributed by atoms with Crippen molar-refractivity contribution >= 4 is 17.6 Å². The Kier molecular flexibility index (Phi) is 2.29. The van der Waals surface area contributed by atoms with Gasteiger partial charge in [0, 0.05) is 18.2 Å². The molecule has 4 nitrogen and oxygen atoms in total. The number of carboxylic acids is 1. The second kappa shape index (κ2) is 3.46. The fourth-order valence-corrected chi connectivity index (χ4v) is 1.64. The van der Waals surface area contributed by atoms with Gasteiger partial charge in [0.15, 0.2) is 0 Å². The van der Waals surface area contributed by atoms with E-state index in [1.54, 1.807) is 6.07 Å². The molecule has 0 radical (unpaired) electrons. The number of hydrogen-bond donors (Lipinski definition) is 1. The maximum atomic E-state index is 10.5. The van der Waals surface area contributed by atoms with Gasteiger partial charge in [-0.05, 0) is 0 Å². The summed E-state index contributed by atoms with van der Waals surface area (Å²) in [7, 11) is 0. The Balaban J connectivity index is 2.26. The number of rotatable bonds is 2. The van der Waals surface area contributed by atoms with Crippen LogP contribution in [0.2, 0.25) is 5.02 Å². The highest BCUT2D eigenvalue weighted by Crippen LogP contribution is 2.35. The first kappa shape index (κ1) is 9.27. The van der Waals surface area contributed by atoms with Crippen LogP contribution in [0.3, 0.4) is 0 Å². The number of carboxylic acid groups (broad SMARTS) is 1. The first-order valence-electron chi connectivity index (χ1n) is 4.17. The van der Waals surface area contributed by atoms with E-state index < -0.39 is 5.97 Å². The number of nitrogens with zero attached hydrogens (tertiary/aromatic N) is 1. The number of halogens is 1. The summed E-state index contributed by atoms with van der Waals surface area (Å²) in [6, 6.07) is 1.66. The second-order valence-corrected chi connectivity index (χ2v) is 3.58. The minimum atomic E-state index is -0.844. The lowest BCUT2D eigenvalue weighted by Crippen LogP contribution is -2.08. The molecular weight excluding hydrogens is 206 g/mol. The summed E-state index contributed by atoms with van der Waals surface area (Å²) in [5.74, 6) is -0.397. The van der Waals surface area contributed by atoms with E-state index in [0.717, 1.165) is 0 Å². The number of aliphatic carboxylic acids is 1. The molecule has 2 heterocycles. The molecule has 0 spiro atoms. The molecule has 0 amide bonds. The third-order valence-corrected chi connectivity index (χ3v) is 2.30. The third-order valence-electron chi connectivity index (χ3n) is 2.10. The lowest BCUT2D eigenvalue weighted by molar-refractivity contribution is -0.137. The monoisotopic (exact) mass is 213 g/mol. The van der Waals surface area contributed by atoms with Crippen molar-refractivity contribution < 1.29 is 14.6 Å². The second-order valence-electron chi connectivity index (χ2n) is 3.14. The van der Waals surface area contributed by atoms with E-state index in [0.29, 0.717) is 23.1 Å². The molecule has 1 aliphatic heterocycles. The van der Waals surface area contributed by atoms with Crippen LogP contribution in [-0.4, -0.2) is 22.7 Å². The zero-order chi connectivity index (χ0) is 10.1. The molecule has 1 aromatic rings. The standard InChI is InChI=1S/C9H8ClNO3/c10-6-2-7-9(11-3-6)5(4-14-7)1-8(12)13/h2-3,5H,1,4H2,(H,12,13). The van der Waals surface area contributed by atoms with Crippen molar-refractivity contribution in [2.24, 2.45) is 0 Å². The molecule has 0 aliphatic carbocycles. The molecular formula is C9H8ClNO3. The van der Waals surface area contributed by atoms with Crippen LogP contribution in [0.15, 0.2) is 12.3 Å². The van der Waals surface area contributed by atoms with Gasteiger partial charge in [-0.15, -0.1) is 0 Å². The Bertz CT molecular complexity index is 380. The molecule has 14 heavy (non-hydrogen) atoms. The van der Waals surface area contributed by atoms with Crippen molar-refractivity contribution in [2.45, 2.75) is 12.3 Å². The molecule has 1 unspecified atom stereocenters. The molecule has 74 valence electrons. The minimum absolute atomic E-state index is 0.0433. The van der Waals surface area contributed by atoms with E-state index in [-0.39, 0.29) is 12.3 Å². The van der Waals surface area contributed by atoms with Crippen LogP contribution in [-0.2, 0) is 4.79 Å².